The van der Waals surface area contributed by atoms with Gasteiger partial charge in [-0.05, 0) is 49.6 Å². The minimum absolute atomic E-state index is 0.0229. The third-order valence-corrected chi connectivity index (χ3v) is 4.55. The van der Waals surface area contributed by atoms with E-state index < -0.39 is 6.10 Å². The second-order valence-corrected chi connectivity index (χ2v) is 6.21. The first-order valence-electron chi connectivity index (χ1n) is 8.33. The van der Waals surface area contributed by atoms with Gasteiger partial charge in [-0.15, -0.1) is 0 Å². The van der Waals surface area contributed by atoms with Crippen LogP contribution >= 0.6 is 0 Å². The highest BCUT2D eigenvalue weighted by Gasteiger charge is 2.31. The molecular weight excluding hydrogens is 306 g/mol. The Labute approximate surface area is 141 Å². The van der Waals surface area contributed by atoms with Crippen LogP contribution < -0.4 is 5.32 Å². The second-order valence-electron chi connectivity index (χ2n) is 6.21. The van der Waals surface area contributed by atoms with Crippen molar-refractivity contribution in [3.63, 3.8) is 0 Å². The van der Waals surface area contributed by atoms with Crippen molar-refractivity contribution in [3.8, 4) is 0 Å². The Balaban J connectivity index is 1.59. The molecule has 1 aliphatic heterocycles. The standard InChI is InChI=1S/C18H23N3O3/c1-13(14-6-8-19-9-7-14)20-18(23)21-10-2-4-15(21)12-16(22)17-5-3-11-24-17/h3,5-9,11,13,15-16,22H,2,4,10,12H2,1H3,(H,20,23). The Morgan fingerprint density at radius 2 is 2.25 bits per heavy atom. The topological polar surface area (TPSA) is 78.6 Å². The molecule has 1 aliphatic rings. The van der Waals surface area contributed by atoms with Crippen molar-refractivity contribution >= 4 is 6.03 Å². The van der Waals surface area contributed by atoms with Crippen LogP contribution in [0.5, 0.6) is 0 Å². The van der Waals surface area contributed by atoms with Gasteiger partial charge in [-0.25, -0.2) is 4.79 Å². The fourth-order valence-electron chi connectivity index (χ4n) is 3.21. The molecule has 0 aromatic carbocycles. The molecule has 128 valence electrons. The highest BCUT2D eigenvalue weighted by Crippen LogP contribution is 2.28. The SMILES string of the molecule is CC(NC(=O)N1CCCC1CC(O)c1ccco1)c1ccncc1. The van der Waals surface area contributed by atoms with Gasteiger partial charge < -0.3 is 19.7 Å². The van der Waals surface area contributed by atoms with Gasteiger partial charge in [0.05, 0.1) is 12.3 Å². The van der Waals surface area contributed by atoms with Crippen LogP contribution in [0.1, 0.15) is 49.7 Å². The predicted molar refractivity (Wildman–Crippen MR) is 89.2 cm³/mol. The predicted octanol–water partition coefficient (Wildman–Crippen LogP) is 3.03. The molecule has 0 aliphatic carbocycles. The van der Waals surface area contributed by atoms with Crippen molar-refractivity contribution in [2.75, 3.05) is 6.54 Å². The molecule has 0 saturated carbocycles. The van der Waals surface area contributed by atoms with Crippen molar-refractivity contribution < 1.29 is 14.3 Å². The number of rotatable bonds is 5. The van der Waals surface area contributed by atoms with E-state index in [0.29, 0.717) is 18.7 Å². The zero-order valence-electron chi connectivity index (χ0n) is 13.8. The van der Waals surface area contributed by atoms with E-state index in [1.165, 1.54) is 0 Å². The van der Waals surface area contributed by atoms with Gasteiger partial charge in [-0.2, -0.15) is 0 Å². The molecule has 6 nitrogen and oxygen atoms in total. The number of amides is 2. The molecular formula is C18H23N3O3. The first-order valence-corrected chi connectivity index (χ1v) is 8.33. The van der Waals surface area contributed by atoms with Gasteiger partial charge in [0, 0.05) is 31.4 Å². The fourth-order valence-corrected chi connectivity index (χ4v) is 3.21. The molecule has 2 aromatic rings. The van der Waals surface area contributed by atoms with Crippen LogP contribution in [0.4, 0.5) is 4.79 Å². The van der Waals surface area contributed by atoms with E-state index in [9.17, 15) is 9.90 Å². The maximum Gasteiger partial charge on any atom is 0.318 e. The van der Waals surface area contributed by atoms with Crippen LogP contribution in [0.2, 0.25) is 0 Å². The third-order valence-electron chi connectivity index (χ3n) is 4.55. The quantitative estimate of drug-likeness (QED) is 0.884. The van der Waals surface area contributed by atoms with Crippen molar-refractivity contribution in [1.29, 1.82) is 0 Å². The molecule has 24 heavy (non-hydrogen) atoms. The minimum Gasteiger partial charge on any atom is -0.467 e. The van der Waals surface area contributed by atoms with E-state index in [0.717, 1.165) is 18.4 Å². The molecule has 6 heteroatoms. The summed E-state index contributed by atoms with van der Waals surface area (Å²) >= 11 is 0. The van der Waals surface area contributed by atoms with E-state index in [1.807, 2.05) is 24.0 Å². The Morgan fingerprint density at radius 1 is 1.46 bits per heavy atom. The molecule has 3 heterocycles. The number of nitrogens with one attached hydrogen (secondary N) is 1. The Hall–Kier alpha value is -2.34. The second kappa shape index (κ2) is 7.49. The lowest BCUT2D eigenvalue weighted by Gasteiger charge is -2.28. The highest BCUT2D eigenvalue weighted by atomic mass is 16.4. The summed E-state index contributed by atoms with van der Waals surface area (Å²) in [5, 5.41) is 13.3. The van der Waals surface area contributed by atoms with Gasteiger partial charge in [0.25, 0.3) is 0 Å². The van der Waals surface area contributed by atoms with Crippen molar-refractivity contribution in [2.45, 2.75) is 44.4 Å². The lowest BCUT2D eigenvalue weighted by atomic mass is 10.1. The van der Waals surface area contributed by atoms with E-state index in [1.54, 1.807) is 30.8 Å². The molecule has 2 amide bonds. The van der Waals surface area contributed by atoms with Gasteiger partial charge >= 0.3 is 6.03 Å². The summed E-state index contributed by atoms with van der Waals surface area (Å²) in [6, 6.07) is 7.16. The van der Waals surface area contributed by atoms with Crippen molar-refractivity contribution in [3.05, 3.63) is 54.2 Å². The van der Waals surface area contributed by atoms with E-state index in [2.05, 4.69) is 10.3 Å². The van der Waals surface area contributed by atoms with Crippen molar-refractivity contribution in [2.24, 2.45) is 0 Å². The molecule has 0 bridgehead atoms. The van der Waals surface area contributed by atoms with Gasteiger partial charge in [0.1, 0.15) is 11.9 Å². The summed E-state index contributed by atoms with van der Waals surface area (Å²) in [7, 11) is 0. The molecule has 0 radical (unpaired) electrons. The molecule has 1 fully saturated rings. The van der Waals surface area contributed by atoms with Crippen LogP contribution in [0.25, 0.3) is 0 Å². The van der Waals surface area contributed by atoms with Crippen molar-refractivity contribution in [1.82, 2.24) is 15.2 Å². The molecule has 3 atom stereocenters. The fraction of sp³-hybridized carbons (Fsp3) is 0.444. The monoisotopic (exact) mass is 329 g/mol. The van der Waals surface area contributed by atoms with Crippen LogP contribution in [-0.2, 0) is 0 Å². The number of hydrogen-bond donors (Lipinski definition) is 2. The van der Waals surface area contributed by atoms with E-state index in [4.69, 9.17) is 4.42 Å². The molecule has 3 unspecified atom stereocenters. The highest BCUT2D eigenvalue weighted by molar-refractivity contribution is 5.75. The summed E-state index contributed by atoms with van der Waals surface area (Å²) in [6.07, 6.45) is 6.64. The number of aromatic nitrogens is 1. The van der Waals surface area contributed by atoms with Crippen LogP contribution in [-0.4, -0.2) is 33.6 Å². The smallest absolute Gasteiger partial charge is 0.318 e. The summed E-state index contributed by atoms with van der Waals surface area (Å²) in [6.45, 7) is 2.67. The van der Waals surface area contributed by atoms with Gasteiger partial charge in [0.2, 0.25) is 0 Å². The Morgan fingerprint density at radius 3 is 2.96 bits per heavy atom. The maximum absolute atomic E-state index is 12.6. The molecule has 1 saturated heterocycles. The average Bonchev–Trinajstić information content (AvgIpc) is 3.27. The number of aliphatic hydroxyl groups is 1. The first kappa shape index (κ1) is 16.5. The maximum atomic E-state index is 12.6. The number of hydrogen-bond acceptors (Lipinski definition) is 4. The minimum atomic E-state index is -0.684. The molecule has 3 rings (SSSR count). The lowest BCUT2D eigenvalue weighted by Crippen LogP contribution is -2.44. The van der Waals surface area contributed by atoms with Gasteiger partial charge in [-0.3, -0.25) is 4.98 Å². The normalized spacial score (nSPS) is 19.9. The number of likely N-dealkylation sites (tertiary alicyclic amines) is 1. The number of urea groups is 1. The largest absolute Gasteiger partial charge is 0.467 e. The number of aliphatic hydroxyl groups excluding tert-OH is 1. The number of nitrogens with zero attached hydrogens (tertiary/aromatic N) is 2. The van der Waals surface area contributed by atoms with Crippen LogP contribution in [0.3, 0.4) is 0 Å². The van der Waals surface area contributed by atoms with Crippen LogP contribution in [0, 0.1) is 0 Å². The Bertz CT molecular complexity index is 645. The lowest BCUT2D eigenvalue weighted by molar-refractivity contribution is 0.107. The molecule has 2 aromatic heterocycles. The average molecular weight is 329 g/mol. The number of pyridine rings is 1. The van der Waals surface area contributed by atoms with Gasteiger partial charge in [-0.1, -0.05) is 0 Å². The number of furan rings is 1. The number of carbonyl (C=O) groups is 1. The van der Waals surface area contributed by atoms with Gasteiger partial charge in [0.15, 0.2) is 0 Å². The van der Waals surface area contributed by atoms with Crippen LogP contribution in [0.15, 0.2) is 47.3 Å². The zero-order valence-corrected chi connectivity index (χ0v) is 13.8. The zero-order chi connectivity index (χ0) is 16.9. The van der Waals surface area contributed by atoms with E-state index in [-0.39, 0.29) is 18.1 Å². The Kier molecular flexibility index (Phi) is 5.15. The molecule has 0 spiro atoms. The first-order chi connectivity index (χ1) is 11.6. The van der Waals surface area contributed by atoms with E-state index >= 15 is 0 Å². The number of carbonyl (C=O) groups excluding carboxylic acids is 1. The third kappa shape index (κ3) is 3.76. The summed E-state index contributed by atoms with van der Waals surface area (Å²) in [5.41, 5.74) is 1.02. The summed E-state index contributed by atoms with van der Waals surface area (Å²) in [4.78, 5) is 18.4. The summed E-state index contributed by atoms with van der Waals surface area (Å²) in [5.74, 6) is 0.549. The molecule has 2 N–H and O–H groups in total. The summed E-state index contributed by atoms with van der Waals surface area (Å²) < 4.78 is 5.25.